The van der Waals surface area contributed by atoms with Gasteiger partial charge in [0, 0.05) is 16.0 Å². The Balaban J connectivity index is 1.76. The van der Waals surface area contributed by atoms with Crippen LogP contribution in [0.25, 0.3) is 0 Å². The molecule has 3 aromatic carbocycles. The second kappa shape index (κ2) is 11.4. The summed E-state index contributed by atoms with van der Waals surface area (Å²) in [5, 5.41) is 15.2. The molecular weight excluding hydrogens is 422 g/mol. The summed E-state index contributed by atoms with van der Waals surface area (Å²) in [6, 6.07) is 25.9. The summed E-state index contributed by atoms with van der Waals surface area (Å²) in [6.07, 6.45) is 1.35. The molecule has 0 aromatic heterocycles. The average molecular weight is 444 g/mol. The van der Waals surface area contributed by atoms with Crippen molar-refractivity contribution in [3.63, 3.8) is 0 Å². The van der Waals surface area contributed by atoms with Crippen molar-refractivity contribution in [2.75, 3.05) is 17.2 Å². The molecule has 0 bridgehead atoms. The monoisotopic (exact) mass is 443 g/mol. The summed E-state index contributed by atoms with van der Waals surface area (Å²) in [6.45, 7) is 1.92. The number of nitrogens with one attached hydrogen (secondary N) is 2. The third kappa shape index (κ3) is 6.00. The number of rotatable bonds is 8. The van der Waals surface area contributed by atoms with Crippen LogP contribution in [0.4, 0.5) is 11.4 Å². The number of carbonyl (C=O) groups is 2. The minimum atomic E-state index is -0.634. The van der Waals surface area contributed by atoms with Crippen molar-refractivity contribution < 1.29 is 14.3 Å². The maximum atomic E-state index is 12.7. The Bertz CT molecular complexity index is 1170. The predicted octanol–water partition coefficient (Wildman–Crippen LogP) is 5.47. The maximum absolute atomic E-state index is 12.7. The van der Waals surface area contributed by atoms with Crippen LogP contribution in [0, 0.1) is 11.3 Å². The molecular formula is C25H21N3O3S. The van der Waals surface area contributed by atoms with Gasteiger partial charge in [0.25, 0.3) is 5.91 Å². The first-order valence-electron chi connectivity index (χ1n) is 9.88. The van der Waals surface area contributed by atoms with Gasteiger partial charge in [-0.25, -0.2) is 4.79 Å². The zero-order valence-corrected chi connectivity index (χ0v) is 18.2. The van der Waals surface area contributed by atoms with E-state index in [1.807, 2.05) is 60.7 Å². The molecule has 0 saturated heterocycles. The molecule has 160 valence electrons. The van der Waals surface area contributed by atoms with Crippen molar-refractivity contribution >= 4 is 35.0 Å². The lowest BCUT2D eigenvalue weighted by molar-refractivity contribution is -0.112. The summed E-state index contributed by atoms with van der Waals surface area (Å²) < 4.78 is 5.02. The fraction of sp³-hybridized carbons (Fsp3) is 0.0800. The number of anilines is 2. The molecule has 0 atom stereocenters. The molecule has 7 heteroatoms. The van der Waals surface area contributed by atoms with Gasteiger partial charge in [0.1, 0.15) is 11.6 Å². The number of nitriles is 1. The van der Waals surface area contributed by atoms with Crippen molar-refractivity contribution in [2.45, 2.75) is 16.7 Å². The van der Waals surface area contributed by atoms with Crippen LogP contribution >= 0.6 is 11.8 Å². The highest BCUT2D eigenvalue weighted by atomic mass is 32.2. The van der Waals surface area contributed by atoms with Crippen molar-refractivity contribution in [3.05, 3.63) is 96.2 Å². The van der Waals surface area contributed by atoms with E-state index in [4.69, 9.17) is 4.74 Å². The molecule has 3 aromatic rings. The second-order valence-electron chi connectivity index (χ2n) is 6.45. The maximum Gasteiger partial charge on any atom is 0.340 e. The van der Waals surface area contributed by atoms with E-state index in [0.29, 0.717) is 0 Å². The summed E-state index contributed by atoms with van der Waals surface area (Å²) in [5.41, 5.74) is 1.12. The number of benzene rings is 3. The summed E-state index contributed by atoms with van der Waals surface area (Å²) >= 11 is 1.57. The van der Waals surface area contributed by atoms with Crippen molar-refractivity contribution in [3.8, 4) is 6.07 Å². The molecule has 0 aliphatic rings. The van der Waals surface area contributed by atoms with Crippen LogP contribution in [0.2, 0.25) is 0 Å². The number of nitrogens with zero attached hydrogens (tertiary/aromatic N) is 1. The van der Waals surface area contributed by atoms with Crippen molar-refractivity contribution in [1.82, 2.24) is 0 Å². The zero-order valence-electron chi connectivity index (χ0n) is 17.4. The highest BCUT2D eigenvalue weighted by Gasteiger charge is 2.16. The van der Waals surface area contributed by atoms with Crippen LogP contribution in [-0.2, 0) is 9.53 Å². The fourth-order valence-electron chi connectivity index (χ4n) is 2.76. The SMILES string of the molecule is CCOC(=O)c1ccccc1NC(=O)/C(C#N)=C\Nc1ccccc1Sc1ccccc1. The Hall–Kier alpha value is -4.02. The van der Waals surface area contributed by atoms with Gasteiger partial charge < -0.3 is 15.4 Å². The molecule has 0 saturated carbocycles. The van der Waals surface area contributed by atoms with Crippen LogP contribution < -0.4 is 10.6 Å². The second-order valence-corrected chi connectivity index (χ2v) is 7.56. The molecule has 32 heavy (non-hydrogen) atoms. The van der Waals surface area contributed by atoms with Gasteiger partial charge in [-0.1, -0.05) is 54.2 Å². The first-order chi connectivity index (χ1) is 15.6. The van der Waals surface area contributed by atoms with E-state index in [2.05, 4.69) is 10.6 Å². The predicted molar refractivity (Wildman–Crippen MR) is 125 cm³/mol. The van der Waals surface area contributed by atoms with Crippen molar-refractivity contribution in [1.29, 1.82) is 5.26 Å². The summed E-state index contributed by atoms with van der Waals surface area (Å²) in [7, 11) is 0. The van der Waals surface area contributed by atoms with Gasteiger partial charge in [0.15, 0.2) is 0 Å². The Morgan fingerprint density at radius 1 is 0.969 bits per heavy atom. The Morgan fingerprint density at radius 2 is 1.62 bits per heavy atom. The van der Waals surface area contributed by atoms with E-state index in [-0.39, 0.29) is 23.4 Å². The van der Waals surface area contributed by atoms with Crippen LogP contribution in [0.3, 0.4) is 0 Å². The smallest absolute Gasteiger partial charge is 0.340 e. The Morgan fingerprint density at radius 3 is 2.34 bits per heavy atom. The average Bonchev–Trinajstić information content (AvgIpc) is 2.81. The highest BCUT2D eigenvalue weighted by Crippen LogP contribution is 2.33. The molecule has 6 nitrogen and oxygen atoms in total. The molecule has 0 heterocycles. The van der Waals surface area contributed by atoms with Crippen LogP contribution in [0.15, 0.2) is 100 Å². The first kappa shape index (κ1) is 22.7. The fourth-order valence-corrected chi connectivity index (χ4v) is 3.69. The number of ether oxygens (including phenoxy) is 1. The van der Waals surface area contributed by atoms with Gasteiger partial charge in [0.2, 0.25) is 0 Å². The first-order valence-corrected chi connectivity index (χ1v) is 10.7. The highest BCUT2D eigenvalue weighted by molar-refractivity contribution is 7.99. The lowest BCUT2D eigenvalue weighted by atomic mass is 10.1. The van der Waals surface area contributed by atoms with E-state index >= 15 is 0 Å². The molecule has 0 aliphatic carbocycles. The van der Waals surface area contributed by atoms with E-state index in [9.17, 15) is 14.9 Å². The lowest BCUT2D eigenvalue weighted by Gasteiger charge is -2.11. The number of amides is 1. The minimum absolute atomic E-state index is 0.136. The number of hydrogen-bond acceptors (Lipinski definition) is 6. The third-order valence-corrected chi connectivity index (χ3v) is 5.35. The molecule has 1 amide bonds. The molecule has 2 N–H and O–H groups in total. The topological polar surface area (TPSA) is 91.2 Å². The van der Waals surface area contributed by atoms with Gasteiger partial charge >= 0.3 is 5.97 Å². The molecule has 0 radical (unpaired) electrons. The molecule has 0 fully saturated rings. The van der Waals surface area contributed by atoms with Gasteiger partial charge in [-0.15, -0.1) is 0 Å². The van der Waals surface area contributed by atoms with Crippen LogP contribution in [0.5, 0.6) is 0 Å². The lowest BCUT2D eigenvalue weighted by Crippen LogP contribution is -2.17. The van der Waals surface area contributed by atoms with E-state index < -0.39 is 11.9 Å². The number of esters is 1. The molecule has 0 spiro atoms. The number of para-hydroxylation sites is 2. The standard InChI is InChI=1S/C25H21N3O3S/c1-2-31-25(30)20-12-6-7-13-21(20)28-24(29)18(16-26)17-27-22-14-8-9-15-23(22)32-19-10-4-3-5-11-19/h3-15,17,27H,2H2,1H3,(H,28,29)/b18-17-. The Labute approximate surface area is 190 Å². The van der Waals surface area contributed by atoms with Crippen LogP contribution in [0.1, 0.15) is 17.3 Å². The summed E-state index contributed by atoms with van der Waals surface area (Å²) in [5.74, 6) is -1.18. The number of carbonyl (C=O) groups excluding carboxylic acids is 2. The minimum Gasteiger partial charge on any atom is -0.462 e. The van der Waals surface area contributed by atoms with Gasteiger partial charge in [-0.05, 0) is 43.3 Å². The molecule has 3 rings (SSSR count). The molecule has 0 unspecified atom stereocenters. The zero-order chi connectivity index (χ0) is 22.8. The number of hydrogen-bond donors (Lipinski definition) is 2. The van der Waals surface area contributed by atoms with E-state index in [1.54, 1.807) is 43.0 Å². The normalized spacial score (nSPS) is 10.7. The Kier molecular flexibility index (Phi) is 8.07. The summed E-state index contributed by atoms with van der Waals surface area (Å²) in [4.78, 5) is 26.8. The molecule has 0 aliphatic heterocycles. The quantitative estimate of drug-likeness (QED) is 0.272. The van der Waals surface area contributed by atoms with E-state index in [1.165, 1.54) is 6.20 Å². The van der Waals surface area contributed by atoms with Gasteiger partial charge in [0.05, 0.1) is 23.5 Å². The van der Waals surface area contributed by atoms with E-state index in [0.717, 1.165) is 15.5 Å². The van der Waals surface area contributed by atoms with Gasteiger partial charge in [-0.3, -0.25) is 4.79 Å². The van der Waals surface area contributed by atoms with Gasteiger partial charge in [-0.2, -0.15) is 5.26 Å². The third-order valence-electron chi connectivity index (χ3n) is 4.27. The van der Waals surface area contributed by atoms with Crippen molar-refractivity contribution in [2.24, 2.45) is 0 Å². The largest absolute Gasteiger partial charge is 0.462 e. The van der Waals surface area contributed by atoms with Crippen LogP contribution in [-0.4, -0.2) is 18.5 Å².